The first-order chi connectivity index (χ1) is 10.6. The van der Waals surface area contributed by atoms with E-state index in [2.05, 4.69) is 15.7 Å². The van der Waals surface area contributed by atoms with E-state index in [-0.39, 0.29) is 18.7 Å². The molecule has 0 fully saturated rings. The first-order valence-electron chi connectivity index (χ1n) is 7.37. The van der Waals surface area contributed by atoms with Gasteiger partial charge in [0.05, 0.1) is 5.69 Å². The predicted octanol–water partition coefficient (Wildman–Crippen LogP) is 2.37. The molecule has 0 bridgehead atoms. The van der Waals surface area contributed by atoms with E-state index in [9.17, 15) is 4.79 Å². The lowest BCUT2D eigenvalue weighted by molar-refractivity contribution is 0.245. The van der Waals surface area contributed by atoms with E-state index in [1.165, 1.54) is 0 Å². The Morgan fingerprint density at radius 1 is 1.36 bits per heavy atom. The van der Waals surface area contributed by atoms with E-state index in [0.29, 0.717) is 12.1 Å². The molecular weight excluding hydrogens is 280 g/mol. The average molecular weight is 302 g/mol. The first-order valence-corrected chi connectivity index (χ1v) is 7.37. The molecule has 1 unspecified atom stereocenters. The number of urea groups is 1. The Morgan fingerprint density at radius 3 is 2.77 bits per heavy atom. The smallest absolute Gasteiger partial charge is 0.319 e. The van der Waals surface area contributed by atoms with Gasteiger partial charge in [-0.1, -0.05) is 30.3 Å². The number of hydrogen-bond acceptors (Lipinski definition) is 3. The molecule has 0 spiro atoms. The zero-order chi connectivity index (χ0) is 15.9. The van der Waals surface area contributed by atoms with Crippen molar-refractivity contribution in [2.45, 2.75) is 25.8 Å². The summed E-state index contributed by atoms with van der Waals surface area (Å²) in [5, 5.41) is 18.9. The molecule has 3 N–H and O–H groups in total. The van der Waals surface area contributed by atoms with Gasteiger partial charge in [-0.25, -0.2) is 4.79 Å². The van der Waals surface area contributed by atoms with Crippen LogP contribution < -0.4 is 10.6 Å². The minimum atomic E-state index is -0.268. The number of aliphatic hydroxyl groups excluding tert-OH is 1. The van der Waals surface area contributed by atoms with Gasteiger partial charge in [-0.2, -0.15) is 5.10 Å². The summed E-state index contributed by atoms with van der Waals surface area (Å²) in [4.78, 5) is 12.1. The molecule has 2 rings (SSSR count). The van der Waals surface area contributed by atoms with E-state index in [4.69, 9.17) is 5.11 Å². The van der Waals surface area contributed by atoms with Crippen molar-refractivity contribution in [3.8, 4) is 11.3 Å². The number of aryl methyl sites for hydroxylation is 1. The minimum Gasteiger partial charge on any atom is -0.396 e. The highest BCUT2D eigenvalue weighted by Crippen LogP contribution is 2.25. The van der Waals surface area contributed by atoms with Crippen LogP contribution in [0.2, 0.25) is 0 Å². The van der Waals surface area contributed by atoms with Gasteiger partial charge in [-0.05, 0) is 19.8 Å². The van der Waals surface area contributed by atoms with Crippen molar-refractivity contribution in [1.82, 2.24) is 15.1 Å². The monoisotopic (exact) mass is 302 g/mol. The Hall–Kier alpha value is -2.34. The van der Waals surface area contributed by atoms with E-state index in [1.54, 1.807) is 10.9 Å². The lowest BCUT2D eigenvalue weighted by Gasteiger charge is -2.14. The Kier molecular flexibility index (Phi) is 5.55. The third-order valence-electron chi connectivity index (χ3n) is 3.30. The van der Waals surface area contributed by atoms with Crippen LogP contribution in [0.5, 0.6) is 0 Å². The summed E-state index contributed by atoms with van der Waals surface area (Å²) >= 11 is 0. The van der Waals surface area contributed by atoms with Gasteiger partial charge in [0.15, 0.2) is 0 Å². The zero-order valence-electron chi connectivity index (χ0n) is 12.9. The van der Waals surface area contributed by atoms with Gasteiger partial charge >= 0.3 is 6.03 Å². The molecule has 1 heterocycles. The summed E-state index contributed by atoms with van der Waals surface area (Å²) in [7, 11) is 1.82. The lowest BCUT2D eigenvalue weighted by Crippen LogP contribution is -2.36. The fourth-order valence-corrected chi connectivity index (χ4v) is 2.24. The Bertz CT molecular complexity index is 610. The van der Waals surface area contributed by atoms with Crippen molar-refractivity contribution in [1.29, 1.82) is 0 Å². The predicted molar refractivity (Wildman–Crippen MR) is 86.6 cm³/mol. The number of anilines is 1. The molecule has 0 saturated heterocycles. The van der Waals surface area contributed by atoms with Crippen LogP contribution in [-0.2, 0) is 7.05 Å². The average Bonchev–Trinajstić information content (AvgIpc) is 2.86. The number of hydrogen-bond donors (Lipinski definition) is 3. The number of amides is 2. The number of aliphatic hydroxyl groups is 1. The van der Waals surface area contributed by atoms with Crippen LogP contribution in [0.3, 0.4) is 0 Å². The highest BCUT2D eigenvalue weighted by molar-refractivity contribution is 5.93. The SMILES string of the molecule is CC(CCCO)NC(=O)Nc1cn(C)nc1-c1ccccc1. The highest BCUT2D eigenvalue weighted by Gasteiger charge is 2.13. The number of nitrogens with zero attached hydrogens (tertiary/aromatic N) is 2. The van der Waals surface area contributed by atoms with E-state index in [1.807, 2.05) is 44.3 Å². The van der Waals surface area contributed by atoms with Crippen LogP contribution in [0.25, 0.3) is 11.3 Å². The molecule has 22 heavy (non-hydrogen) atoms. The molecule has 1 aromatic carbocycles. The standard InChI is InChI=1S/C16H22N4O2/c1-12(7-6-10-21)17-16(22)18-14-11-20(2)19-15(14)13-8-4-3-5-9-13/h3-5,8-9,11-12,21H,6-7,10H2,1-2H3,(H2,17,18,22). The largest absolute Gasteiger partial charge is 0.396 e. The lowest BCUT2D eigenvalue weighted by atomic mass is 10.1. The van der Waals surface area contributed by atoms with Crippen LogP contribution in [-0.4, -0.2) is 33.6 Å². The molecule has 6 heteroatoms. The van der Waals surface area contributed by atoms with Crippen LogP contribution in [0.4, 0.5) is 10.5 Å². The van der Waals surface area contributed by atoms with Crippen LogP contribution in [0.15, 0.2) is 36.5 Å². The fourth-order valence-electron chi connectivity index (χ4n) is 2.24. The Morgan fingerprint density at radius 2 is 2.09 bits per heavy atom. The van der Waals surface area contributed by atoms with Crippen molar-refractivity contribution >= 4 is 11.7 Å². The molecule has 1 aromatic heterocycles. The molecule has 0 radical (unpaired) electrons. The molecule has 0 aliphatic carbocycles. The molecule has 0 aliphatic heterocycles. The van der Waals surface area contributed by atoms with Gasteiger partial charge in [0, 0.05) is 31.5 Å². The first kappa shape index (κ1) is 16.0. The van der Waals surface area contributed by atoms with Crippen molar-refractivity contribution in [3.63, 3.8) is 0 Å². The minimum absolute atomic E-state index is 0.00370. The summed E-state index contributed by atoms with van der Waals surface area (Å²) in [5.41, 5.74) is 2.36. The number of aromatic nitrogens is 2. The summed E-state index contributed by atoms with van der Waals surface area (Å²) < 4.78 is 1.67. The number of rotatable bonds is 6. The van der Waals surface area contributed by atoms with Gasteiger partial charge in [0.25, 0.3) is 0 Å². The summed E-state index contributed by atoms with van der Waals surface area (Å²) in [6.45, 7) is 2.05. The maximum atomic E-state index is 12.1. The number of carbonyl (C=O) groups excluding carboxylic acids is 1. The van der Waals surface area contributed by atoms with Gasteiger partial charge in [-0.3, -0.25) is 4.68 Å². The van der Waals surface area contributed by atoms with Crippen molar-refractivity contribution in [3.05, 3.63) is 36.5 Å². The normalized spacial score (nSPS) is 12.0. The maximum Gasteiger partial charge on any atom is 0.319 e. The number of nitrogens with one attached hydrogen (secondary N) is 2. The number of carbonyl (C=O) groups is 1. The second-order valence-corrected chi connectivity index (χ2v) is 5.30. The second-order valence-electron chi connectivity index (χ2n) is 5.30. The van der Waals surface area contributed by atoms with Gasteiger partial charge < -0.3 is 15.7 Å². The topological polar surface area (TPSA) is 79.2 Å². The summed E-state index contributed by atoms with van der Waals surface area (Å²) in [6, 6.07) is 9.45. The van der Waals surface area contributed by atoms with E-state index in [0.717, 1.165) is 17.7 Å². The van der Waals surface area contributed by atoms with Crippen molar-refractivity contribution in [2.75, 3.05) is 11.9 Å². The van der Waals surface area contributed by atoms with Crippen LogP contribution in [0.1, 0.15) is 19.8 Å². The maximum absolute atomic E-state index is 12.1. The molecular formula is C16H22N4O2. The molecule has 118 valence electrons. The molecule has 1 atom stereocenters. The Balaban J connectivity index is 2.05. The summed E-state index contributed by atoms with van der Waals surface area (Å²) in [5.74, 6) is 0. The van der Waals surface area contributed by atoms with Gasteiger partial charge in [-0.15, -0.1) is 0 Å². The summed E-state index contributed by atoms with van der Waals surface area (Å²) in [6.07, 6.45) is 3.19. The Labute approximate surface area is 130 Å². The zero-order valence-corrected chi connectivity index (χ0v) is 12.9. The third kappa shape index (κ3) is 4.33. The third-order valence-corrected chi connectivity index (χ3v) is 3.30. The fraction of sp³-hybridized carbons (Fsp3) is 0.375. The molecule has 2 amide bonds. The van der Waals surface area contributed by atoms with Crippen LogP contribution in [0, 0.1) is 0 Å². The van der Waals surface area contributed by atoms with Crippen molar-refractivity contribution in [2.24, 2.45) is 7.05 Å². The van der Waals surface area contributed by atoms with E-state index >= 15 is 0 Å². The molecule has 0 saturated carbocycles. The van der Waals surface area contributed by atoms with E-state index < -0.39 is 0 Å². The van der Waals surface area contributed by atoms with Crippen LogP contribution >= 0.6 is 0 Å². The quantitative estimate of drug-likeness (QED) is 0.766. The molecule has 2 aromatic rings. The van der Waals surface area contributed by atoms with Crippen molar-refractivity contribution < 1.29 is 9.90 Å². The van der Waals surface area contributed by atoms with Gasteiger partial charge in [0.1, 0.15) is 5.69 Å². The highest BCUT2D eigenvalue weighted by atomic mass is 16.3. The molecule has 6 nitrogen and oxygen atoms in total. The molecule has 0 aliphatic rings. The number of benzene rings is 1. The second kappa shape index (κ2) is 7.61. The van der Waals surface area contributed by atoms with Gasteiger partial charge in [0.2, 0.25) is 0 Å².